The summed E-state index contributed by atoms with van der Waals surface area (Å²) in [5, 5.41) is 2.95. The van der Waals surface area contributed by atoms with Crippen LogP contribution in [-0.2, 0) is 4.79 Å². The van der Waals surface area contributed by atoms with Gasteiger partial charge in [-0.15, -0.1) is 11.6 Å². The molecular formula is C12H22ClNO. The van der Waals surface area contributed by atoms with Gasteiger partial charge in [-0.1, -0.05) is 26.7 Å². The molecule has 1 rings (SSSR count). The molecule has 88 valence electrons. The number of halogens is 1. The summed E-state index contributed by atoms with van der Waals surface area (Å²) < 4.78 is 0. The number of carbonyl (C=O) groups is 1. The van der Waals surface area contributed by atoms with Crippen LogP contribution in [0.3, 0.4) is 0 Å². The highest BCUT2D eigenvalue weighted by Gasteiger charge is 2.34. The number of carbonyl (C=O) groups excluding carboxylic acids is 1. The van der Waals surface area contributed by atoms with E-state index in [1.165, 1.54) is 32.1 Å². The van der Waals surface area contributed by atoms with Crippen LogP contribution in [0.4, 0.5) is 0 Å². The van der Waals surface area contributed by atoms with Gasteiger partial charge in [0.2, 0.25) is 5.91 Å². The van der Waals surface area contributed by atoms with Gasteiger partial charge in [-0.3, -0.25) is 4.79 Å². The quantitative estimate of drug-likeness (QED) is 0.725. The Bertz CT molecular complexity index is 210. The Balaban J connectivity index is 2.46. The zero-order valence-corrected chi connectivity index (χ0v) is 10.6. The highest BCUT2D eigenvalue weighted by molar-refractivity contribution is 6.27. The van der Waals surface area contributed by atoms with Crippen molar-refractivity contribution in [3.8, 4) is 0 Å². The fourth-order valence-electron chi connectivity index (χ4n) is 2.78. The predicted molar refractivity (Wildman–Crippen MR) is 64.1 cm³/mol. The maximum atomic E-state index is 11.2. The van der Waals surface area contributed by atoms with E-state index in [0.717, 1.165) is 6.54 Å². The summed E-state index contributed by atoms with van der Waals surface area (Å²) >= 11 is 5.48. The van der Waals surface area contributed by atoms with E-state index in [2.05, 4.69) is 19.2 Å². The Hall–Kier alpha value is -0.240. The van der Waals surface area contributed by atoms with Crippen molar-refractivity contribution in [1.29, 1.82) is 0 Å². The first-order valence-electron chi connectivity index (χ1n) is 5.91. The summed E-state index contributed by atoms with van der Waals surface area (Å²) in [5.74, 6) is 0.750. The van der Waals surface area contributed by atoms with E-state index in [-0.39, 0.29) is 11.8 Å². The van der Waals surface area contributed by atoms with Crippen molar-refractivity contribution >= 4 is 17.5 Å². The van der Waals surface area contributed by atoms with Gasteiger partial charge >= 0.3 is 0 Å². The lowest BCUT2D eigenvalue weighted by Gasteiger charge is -2.31. The smallest absolute Gasteiger partial charge is 0.234 e. The van der Waals surface area contributed by atoms with Crippen LogP contribution in [-0.4, -0.2) is 18.3 Å². The number of amides is 1. The van der Waals surface area contributed by atoms with Crippen molar-refractivity contribution in [2.75, 3.05) is 12.4 Å². The van der Waals surface area contributed by atoms with Crippen LogP contribution in [0.1, 0.15) is 46.0 Å². The molecule has 1 saturated carbocycles. The standard InChI is InChI=1S/C12H22ClNO/c1-10(2)7-12(5-3-4-6-12)9-14-11(15)8-13/h10H,3-9H2,1-2H3,(H,14,15). The first-order valence-corrected chi connectivity index (χ1v) is 6.44. The molecule has 15 heavy (non-hydrogen) atoms. The number of hydrogen-bond donors (Lipinski definition) is 1. The van der Waals surface area contributed by atoms with Gasteiger partial charge in [-0.2, -0.15) is 0 Å². The first-order chi connectivity index (χ1) is 7.08. The van der Waals surface area contributed by atoms with Gasteiger partial charge in [0, 0.05) is 6.54 Å². The summed E-state index contributed by atoms with van der Waals surface area (Å²) in [5.41, 5.74) is 0.357. The fourth-order valence-corrected chi connectivity index (χ4v) is 2.87. The van der Waals surface area contributed by atoms with Gasteiger partial charge in [-0.25, -0.2) is 0 Å². The van der Waals surface area contributed by atoms with Crippen LogP contribution >= 0.6 is 11.6 Å². The Morgan fingerprint density at radius 3 is 2.47 bits per heavy atom. The van der Waals surface area contributed by atoms with Gasteiger partial charge in [-0.05, 0) is 30.6 Å². The molecule has 0 heterocycles. The molecule has 3 heteroatoms. The van der Waals surface area contributed by atoms with Gasteiger partial charge in [0.25, 0.3) is 0 Å². The molecule has 1 N–H and O–H groups in total. The lowest BCUT2D eigenvalue weighted by Crippen LogP contribution is -2.37. The summed E-state index contributed by atoms with van der Waals surface area (Å²) in [6, 6.07) is 0. The molecule has 1 aliphatic rings. The molecule has 0 aromatic carbocycles. The highest BCUT2D eigenvalue weighted by Crippen LogP contribution is 2.42. The van der Waals surface area contributed by atoms with E-state index in [4.69, 9.17) is 11.6 Å². The highest BCUT2D eigenvalue weighted by atomic mass is 35.5. The van der Waals surface area contributed by atoms with E-state index in [9.17, 15) is 4.79 Å². The minimum Gasteiger partial charge on any atom is -0.355 e. The first kappa shape index (κ1) is 12.8. The molecule has 0 atom stereocenters. The second kappa shape index (κ2) is 5.74. The summed E-state index contributed by atoms with van der Waals surface area (Å²) in [6.07, 6.45) is 6.35. The van der Waals surface area contributed by atoms with Crippen LogP contribution in [0.2, 0.25) is 0 Å². The molecule has 2 nitrogen and oxygen atoms in total. The second-order valence-electron chi connectivity index (χ2n) is 5.22. The second-order valence-corrected chi connectivity index (χ2v) is 5.48. The van der Waals surface area contributed by atoms with Gasteiger partial charge in [0.1, 0.15) is 5.88 Å². The third-order valence-electron chi connectivity index (χ3n) is 3.29. The van der Waals surface area contributed by atoms with Crippen LogP contribution in [0.15, 0.2) is 0 Å². The lowest BCUT2D eigenvalue weighted by atomic mass is 9.78. The maximum absolute atomic E-state index is 11.2. The molecular weight excluding hydrogens is 210 g/mol. The Labute approximate surface area is 97.8 Å². The SMILES string of the molecule is CC(C)CC1(CNC(=O)CCl)CCCC1. The number of hydrogen-bond acceptors (Lipinski definition) is 1. The zero-order valence-electron chi connectivity index (χ0n) is 9.81. The third kappa shape index (κ3) is 4.02. The third-order valence-corrected chi connectivity index (χ3v) is 3.53. The van der Waals surface area contributed by atoms with Crippen molar-refractivity contribution in [2.45, 2.75) is 46.0 Å². The summed E-state index contributed by atoms with van der Waals surface area (Å²) in [7, 11) is 0. The average molecular weight is 232 g/mol. The van der Waals surface area contributed by atoms with Gasteiger partial charge in [0.05, 0.1) is 0 Å². The molecule has 0 radical (unpaired) electrons. The minimum atomic E-state index is -0.0355. The molecule has 1 aliphatic carbocycles. The summed E-state index contributed by atoms with van der Waals surface area (Å²) in [6.45, 7) is 5.32. The van der Waals surface area contributed by atoms with E-state index < -0.39 is 0 Å². The molecule has 0 aromatic rings. The van der Waals surface area contributed by atoms with Gasteiger partial charge < -0.3 is 5.32 Å². The van der Waals surface area contributed by atoms with E-state index in [1.54, 1.807) is 0 Å². The van der Waals surface area contributed by atoms with Crippen LogP contribution in [0.5, 0.6) is 0 Å². The van der Waals surface area contributed by atoms with E-state index in [0.29, 0.717) is 11.3 Å². The number of alkyl halides is 1. The Morgan fingerprint density at radius 2 is 2.00 bits per heavy atom. The van der Waals surface area contributed by atoms with E-state index in [1.807, 2.05) is 0 Å². The maximum Gasteiger partial charge on any atom is 0.234 e. The molecule has 1 amide bonds. The van der Waals surface area contributed by atoms with Crippen molar-refractivity contribution in [3.63, 3.8) is 0 Å². The van der Waals surface area contributed by atoms with Crippen molar-refractivity contribution < 1.29 is 4.79 Å². The lowest BCUT2D eigenvalue weighted by molar-refractivity contribution is -0.119. The average Bonchev–Trinajstić information content (AvgIpc) is 2.62. The van der Waals surface area contributed by atoms with Crippen molar-refractivity contribution in [2.24, 2.45) is 11.3 Å². The van der Waals surface area contributed by atoms with E-state index >= 15 is 0 Å². The fraction of sp³-hybridized carbons (Fsp3) is 0.917. The Kier molecular flexibility index (Phi) is 4.91. The topological polar surface area (TPSA) is 29.1 Å². The minimum absolute atomic E-state index is 0.0355. The van der Waals surface area contributed by atoms with Crippen molar-refractivity contribution in [1.82, 2.24) is 5.32 Å². The van der Waals surface area contributed by atoms with Crippen LogP contribution in [0, 0.1) is 11.3 Å². The van der Waals surface area contributed by atoms with Crippen LogP contribution in [0.25, 0.3) is 0 Å². The van der Waals surface area contributed by atoms with Crippen molar-refractivity contribution in [3.05, 3.63) is 0 Å². The molecule has 0 unspecified atom stereocenters. The predicted octanol–water partition coefficient (Wildman–Crippen LogP) is 2.95. The molecule has 0 aliphatic heterocycles. The molecule has 0 aromatic heterocycles. The molecule has 0 bridgehead atoms. The monoisotopic (exact) mass is 231 g/mol. The molecule has 0 spiro atoms. The van der Waals surface area contributed by atoms with Gasteiger partial charge in [0.15, 0.2) is 0 Å². The zero-order chi connectivity index (χ0) is 11.3. The normalized spacial score (nSPS) is 19.5. The molecule has 1 fully saturated rings. The molecule has 0 saturated heterocycles. The number of rotatable bonds is 5. The van der Waals surface area contributed by atoms with Crippen LogP contribution < -0.4 is 5.32 Å². The Morgan fingerprint density at radius 1 is 1.40 bits per heavy atom. The number of nitrogens with one attached hydrogen (secondary N) is 1. The summed E-state index contributed by atoms with van der Waals surface area (Å²) in [4.78, 5) is 11.2. The largest absolute Gasteiger partial charge is 0.355 e.